The standard InChI is InChI=1S/C60H84BF16Si4.C24H44N/c1-25(2)78(26(3)4,27(5)6)57-49(70)41(62)37(42(63)50(57)71)61(38-43(64)51(72)58(52(73)44(38)65)79(28(7)8,29(9)10)30(11)12,39-45(66)53(74)59(54(75)46(39)67)80(31(13)14,32(15)16)33(17)18)40-47(68)55(76)60(56(77)48(40)69)81(34(19)20,35(21)22)36(23)24;1-4-5-6-7-8-9-10-11-12-13-14-15-16-20-23-25(2,3)24-21-18-17-19-22-24/h25-36H,1-24H3;17-19,21-22H,4-16,20,23H2,1-3H3/q-1;+1. The first-order valence-electron chi connectivity index (χ1n) is 39.6. The first kappa shape index (κ1) is 94.2. The van der Waals surface area contributed by atoms with Gasteiger partial charge in [0, 0.05) is 20.7 Å². The van der Waals surface area contributed by atoms with Gasteiger partial charge in [0.25, 0.3) is 0 Å². The topological polar surface area (TPSA) is 0 Å². The lowest BCUT2D eigenvalue weighted by Crippen LogP contribution is -2.82. The van der Waals surface area contributed by atoms with Gasteiger partial charge in [0.2, 0.25) is 0 Å². The van der Waals surface area contributed by atoms with Crippen LogP contribution >= 0.6 is 0 Å². The molecule has 0 bridgehead atoms. The number of para-hydroxylation sites is 1. The summed E-state index contributed by atoms with van der Waals surface area (Å²) in [6.07, 6.45) is 13.2. The molecule has 0 saturated heterocycles. The van der Waals surface area contributed by atoms with Crippen LogP contribution in [-0.4, -0.2) is 59.1 Å². The Kier molecular flexibility index (Phi) is 33.7. The first-order valence-corrected chi connectivity index (χ1v) is 48.5. The van der Waals surface area contributed by atoms with Crippen LogP contribution in [0.3, 0.4) is 0 Å². The van der Waals surface area contributed by atoms with Crippen LogP contribution in [0.4, 0.5) is 75.9 Å². The van der Waals surface area contributed by atoms with Crippen LogP contribution < -0.4 is 47.1 Å². The third-order valence-corrected chi connectivity index (χ3v) is 53.8. The normalized spacial score (nSPS) is 13.3. The summed E-state index contributed by atoms with van der Waals surface area (Å²) < 4.78 is 296. The second kappa shape index (κ2) is 37.9. The maximum absolute atomic E-state index is 18.7. The minimum Gasteiger partial charge on any atom is -0.296 e. The molecule has 0 aromatic heterocycles. The molecule has 0 saturated carbocycles. The molecule has 0 aliphatic rings. The predicted octanol–water partition coefficient (Wildman–Crippen LogP) is 24.6. The van der Waals surface area contributed by atoms with Gasteiger partial charge in [-0.1, -0.05) is 268 Å². The van der Waals surface area contributed by atoms with Crippen molar-refractivity contribution < 1.29 is 70.2 Å². The van der Waals surface area contributed by atoms with Gasteiger partial charge in [-0.15, -0.1) is 21.9 Å². The maximum atomic E-state index is 18.7. The number of nitrogens with zero attached hydrogens (tertiary/aromatic N) is 1. The molecule has 0 aliphatic carbocycles. The van der Waals surface area contributed by atoms with Crippen molar-refractivity contribution >= 4 is 86.7 Å². The summed E-state index contributed by atoms with van der Waals surface area (Å²) in [6, 6.07) is 10.9. The molecule has 0 N–H and O–H groups in total. The zero-order valence-corrected chi connectivity index (χ0v) is 73.0. The predicted molar refractivity (Wildman–Crippen MR) is 427 cm³/mol. The van der Waals surface area contributed by atoms with Gasteiger partial charge in [-0.25, -0.2) is 70.2 Å². The van der Waals surface area contributed by atoms with Crippen molar-refractivity contribution in [2.45, 2.75) is 329 Å². The smallest absolute Gasteiger partial charge is 0.157 e. The summed E-state index contributed by atoms with van der Waals surface area (Å²) in [7, 11) is -12.1. The van der Waals surface area contributed by atoms with Crippen molar-refractivity contribution in [3.8, 4) is 0 Å². The summed E-state index contributed by atoms with van der Waals surface area (Å²) in [5.74, 6) is -43.6. The summed E-state index contributed by atoms with van der Waals surface area (Å²) in [5.41, 5.74) is -20.5. The highest BCUT2D eigenvalue weighted by molar-refractivity contribution is 7.20. The van der Waals surface area contributed by atoms with Gasteiger partial charge in [0.1, 0.15) is 90.7 Å². The monoisotopic (exact) mass is 1580 g/mol. The molecule has 22 heteroatoms. The molecule has 0 unspecified atom stereocenters. The van der Waals surface area contributed by atoms with E-state index in [2.05, 4.69) is 51.4 Å². The molecular formula is C84H128BF16NSi4. The fourth-order valence-electron chi connectivity index (χ4n) is 21.6. The highest BCUT2D eigenvalue weighted by Gasteiger charge is 2.60. The van der Waals surface area contributed by atoms with Gasteiger partial charge >= 0.3 is 0 Å². The number of unbranched alkanes of at least 4 members (excludes halogenated alkanes) is 13. The molecule has 0 atom stereocenters. The van der Waals surface area contributed by atoms with E-state index in [-0.39, 0.29) is 0 Å². The van der Waals surface area contributed by atoms with Crippen molar-refractivity contribution in [1.29, 1.82) is 0 Å². The Bertz CT molecular complexity index is 3150. The Morgan fingerprint density at radius 2 is 0.406 bits per heavy atom. The maximum Gasteiger partial charge on any atom is 0.157 e. The van der Waals surface area contributed by atoms with Crippen LogP contribution in [0.15, 0.2) is 30.3 Å². The van der Waals surface area contributed by atoms with E-state index in [0.717, 1.165) is 4.48 Å². The Labute approximate surface area is 631 Å². The molecule has 0 radical (unpaired) electrons. The van der Waals surface area contributed by atoms with E-state index >= 15 is 70.2 Å². The second-order valence-electron chi connectivity index (χ2n) is 35.0. The highest BCUT2D eigenvalue weighted by atomic mass is 28.3. The average Bonchev–Trinajstić information content (AvgIpc) is 0.669. The zero-order chi connectivity index (χ0) is 81.5. The Hall–Kier alpha value is -4.13. The van der Waals surface area contributed by atoms with Crippen LogP contribution in [0.25, 0.3) is 0 Å². The van der Waals surface area contributed by atoms with E-state index in [4.69, 9.17) is 0 Å². The highest BCUT2D eigenvalue weighted by Crippen LogP contribution is 2.48. The third kappa shape index (κ3) is 16.6. The average molecular weight is 1580 g/mol. The van der Waals surface area contributed by atoms with Crippen LogP contribution in [0.1, 0.15) is 263 Å². The first-order chi connectivity index (χ1) is 49.0. The van der Waals surface area contributed by atoms with Crippen molar-refractivity contribution in [3.63, 3.8) is 0 Å². The van der Waals surface area contributed by atoms with Crippen molar-refractivity contribution in [1.82, 2.24) is 4.48 Å². The SMILES string of the molecule is CC(C)[Si](c1c(F)c(F)c([B-](c2c(F)c(F)c([Si](C(C)C)(C(C)C)C(C)C)c(F)c2F)(c2c(F)c(F)c([Si](C(C)C)(C(C)C)C(C)C)c(F)c2F)c2c(F)c(F)c([Si](C(C)C)(C(C)C)C(C)C)c(F)c2F)c(F)c1F)(C(C)C)C(C)C.CCCCCCCCCCCCCCCC[N+](C)(C)c1ccccc1. The molecule has 0 amide bonds. The number of rotatable bonds is 36. The lowest BCUT2D eigenvalue weighted by atomic mass is 9.12. The van der Waals surface area contributed by atoms with Gasteiger partial charge < -0.3 is 0 Å². The minimum absolute atomic E-state index is 0.866. The number of hydrogen-bond acceptors (Lipinski definition) is 0. The summed E-state index contributed by atoms with van der Waals surface area (Å²) in [6.45, 7) is 38.8. The third-order valence-electron chi connectivity index (χ3n) is 25.6. The van der Waals surface area contributed by atoms with E-state index in [0.29, 0.717) is 0 Å². The lowest BCUT2D eigenvalue weighted by molar-refractivity contribution is 0.380. The molecule has 0 heterocycles. The van der Waals surface area contributed by atoms with Crippen LogP contribution in [-0.2, 0) is 0 Å². The summed E-state index contributed by atoms with van der Waals surface area (Å²) in [4.78, 5) is 0. The number of benzene rings is 5. The molecule has 600 valence electrons. The Morgan fingerprint density at radius 1 is 0.245 bits per heavy atom. The van der Waals surface area contributed by atoms with E-state index < -0.39 is 241 Å². The molecule has 5 aromatic carbocycles. The molecule has 0 aliphatic heterocycles. The second-order valence-corrected chi connectivity index (χ2v) is 58.3. The summed E-state index contributed by atoms with van der Waals surface area (Å²) >= 11 is 0. The van der Waals surface area contributed by atoms with Crippen LogP contribution in [0.2, 0.25) is 66.5 Å². The summed E-state index contributed by atoms with van der Waals surface area (Å²) in [5, 5.41) is -5.31. The van der Waals surface area contributed by atoms with Crippen molar-refractivity contribution in [2.75, 3.05) is 20.6 Å². The quantitative estimate of drug-likeness (QED) is 0.0123. The van der Waals surface area contributed by atoms with Gasteiger partial charge in [0.05, 0.1) is 20.6 Å². The number of hydrogen-bond donors (Lipinski definition) is 0. The largest absolute Gasteiger partial charge is 0.296 e. The Balaban J connectivity index is 0.000000800. The molecule has 5 aromatic rings. The fraction of sp³-hybridized carbons (Fsp3) is 0.643. The van der Waals surface area contributed by atoms with Gasteiger partial charge in [0.15, 0.2) is 46.5 Å². The van der Waals surface area contributed by atoms with E-state index in [1.807, 2.05) is 0 Å². The van der Waals surface area contributed by atoms with Crippen LogP contribution in [0.5, 0.6) is 0 Å². The fourth-order valence-corrected chi connectivity index (χ4v) is 48.5. The molecule has 1 nitrogen and oxygen atoms in total. The lowest BCUT2D eigenvalue weighted by Gasteiger charge is -2.49. The number of halogens is 16. The minimum atomic E-state index is -6.86. The molecule has 5 rings (SSSR count). The van der Waals surface area contributed by atoms with E-state index in [1.54, 1.807) is 0 Å². The van der Waals surface area contributed by atoms with Crippen molar-refractivity contribution in [2.24, 2.45) is 0 Å². The molecular weight excluding hydrogens is 1450 g/mol. The Morgan fingerprint density at radius 3 is 0.566 bits per heavy atom. The van der Waals surface area contributed by atoms with E-state index in [1.165, 1.54) is 268 Å². The van der Waals surface area contributed by atoms with E-state index in [9.17, 15) is 0 Å². The van der Waals surface area contributed by atoms with Gasteiger partial charge in [-0.05, 0) is 91.5 Å². The molecule has 106 heavy (non-hydrogen) atoms. The van der Waals surface area contributed by atoms with Crippen LogP contribution in [0, 0.1) is 93.1 Å². The number of quaternary nitrogens is 1. The van der Waals surface area contributed by atoms with Gasteiger partial charge in [-0.3, -0.25) is 4.48 Å². The van der Waals surface area contributed by atoms with Gasteiger partial charge in [-0.2, -0.15) is 0 Å². The zero-order valence-electron chi connectivity index (χ0n) is 69.0. The molecule has 0 fully saturated rings. The molecule has 0 spiro atoms. The van der Waals surface area contributed by atoms with Crippen molar-refractivity contribution in [3.05, 3.63) is 123 Å².